The standard InChI is InChI=1S/C18H29N3S/c22-17-10-14(19-13-5-6-13)9-16-15-4-2-8-20-7-1-3-12(18(15)20)11-21(16)17/h12-16,18-19H,1-11H2/t12?,14?,15?,16-,18?/m1/s1. The number of hydrogen-bond donors (Lipinski definition) is 1. The molecule has 5 fully saturated rings. The highest BCUT2D eigenvalue weighted by molar-refractivity contribution is 7.80. The van der Waals surface area contributed by atoms with E-state index in [-0.39, 0.29) is 0 Å². The molecule has 22 heavy (non-hydrogen) atoms. The maximum atomic E-state index is 5.87. The molecular formula is C18H29N3S. The number of rotatable bonds is 2. The van der Waals surface area contributed by atoms with E-state index in [4.69, 9.17) is 12.2 Å². The monoisotopic (exact) mass is 319 g/mol. The van der Waals surface area contributed by atoms with Crippen molar-refractivity contribution in [2.24, 2.45) is 11.8 Å². The van der Waals surface area contributed by atoms with Gasteiger partial charge in [-0.2, -0.15) is 0 Å². The van der Waals surface area contributed by atoms with Gasteiger partial charge in [-0.1, -0.05) is 12.2 Å². The van der Waals surface area contributed by atoms with Gasteiger partial charge in [0.1, 0.15) is 0 Å². The van der Waals surface area contributed by atoms with Gasteiger partial charge in [-0.3, -0.25) is 4.90 Å². The van der Waals surface area contributed by atoms with Crippen molar-refractivity contribution in [1.29, 1.82) is 0 Å². The summed E-state index contributed by atoms with van der Waals surface area (Å²) >= 11 is 5.87. The molecule has 0 bridgehead atoms. The summed E-state index contributed by atoms with van der Waals surface area (Å²) in [6.45, 7) is 3.98. The lowest BCUT2D eigenvalue weighted by atomic mass is 9.67. The normalized spacial score (nSPS) is 45.4. The van der Waals surface area contributed by atoms with Crippen LogP contribution < -0.4 is 5.32 Å². The van der Waals surface area contributed by atoms with Crippen LogP contribution in [0.4, 0.5) is 0 Å². The summed E-state index contributed by atoms with van der Waals surface area (Å²) < 4.78 is 0. The van der Waals surface area contributed by atoms with Gasteiger partial charge in [-0.25, -0.2) is 0 Å². The van der Waals surface area contributed by atoms with E-state index in [9.17, 15) is 0 Å². The molecule has 4 aliphatic heterocycles. The van der Waals surface area contributed by atoms with E-state index in [2.05, 4.69) is 15.1 Å². The molecule has 0 radical (unpaired) electrons. The predicted octanol–water partition coefficient (Wildman–Crippen LogP) is 2.40. The van der Waals surface area contributed by atoms with Crippen LogP contribution in [0.15, 0.2) is 0 Å². The van der Waals surface area contributed by atoms with E-state index in [1.54, 1.807) is 0 Å². The summed E-state index contributed by atoms with van der Waals surface area (Å²) in [5.41, 5.74) is 0. The second-order valence-electron chi connectivity index (χ2n) is 8.43. The second-order valence-corrected chi connectivity index (χ2v) is 8.90. The Kier molecular flexibility index (Phi) is 3.49. The Balaban J connectivity index is 1.40. The molecule has 1 aliphatic carbocycles. The Morgan fingerprint density at radius 2 is 1.82 bits per heavy atom. The zero-order valence-electron chi connectivity index (χ0n) is 13.5. The van der Waals surface area contributed by atoms with Crippen molar-refractivity contribution in [1.82, 2.24) is 15.1 Å². The Labute approximate surface area is 139 Å². The Hall–Kier alpha value is -0.190. The third-order valence-corrected chi connectivity index (χ3v) is 7.39. The number of nitrogens with zero attached hydrogens (tertiary/aromatic N) is 2. The molecule has 5 aliphatic rings. The lowest BCUT2D eigenvalue weighted by molar-refractivity contribution is -0.0620. The molecule has 0 aromatic carbocycles. The Bertz CT molecular complexity index is 461. The van der Waals surface area contributed by atoms with Gasteiger partial charge in [-0.15, -0.1) is 0 Å². The van der Waals surface area contributed by atoms with Gasteiger partial charge >= 0.3 is 0 Å². The van der Waals surface area contributed by atoms with Crippen molar-refractivity contribution in [3.63, 3.8) is 0 Å². The number of piperidine rings is 4. The fraction of sp³-hybridized carbons (Fsp3) is 0.944. The lowest BCUT2D eigenvalue weighted by Crippen LogP contribution is -2.68. The van der Waals surface area contributed by atoms with Crippen LogP contribution >= 0.6 is 12.2 Å². The summed E-state index contributed by atoms with van der Waals surface area (Å²) in [5.74, 6) is 1.77. The third kappa shape index (κ3) is 2.33. The van der Waals surface area contributed by atoms with Gasteiger partial charge in [0, 0.05) is 37.1 Å². The van der Waals surface area contributed by atoms with Crippen molar-refractivity contribution in [3.8, 4) is 0 Å². The quantitative estimate of drug-likeness (QED) is 0.788. The molecule has 4 heterocycles. The zero-order chi connectivity index (χ0) is 14.7. The van der Waals surface area contributed by atoms with Crippen LogP contribution in [0.2, 0.25) is 0 Å². The minimum Gasteiger partial charge on any atom is -0.362 e. The fourth-order valence-electron chi connectivity index (χ4n) is 6.00. The van der Waals surface area contributed by atoms with Crippen LogP contribution in [0, 0.1) is 11.8 Å². The van der Waals surface area contributed by atoms with Crippen LogP contribution in [0.3, 0.4) is 0 Å². The Morgan fingerprint density at radius 1 is 1.00 bits per heavy atom. The van der Waals surface area contributed by atoms with Crippen molar-refractivity contribution in [2.75, 3.05) is 19.6 Å². The first-order chi connectivity index (χ1) is 10.8. The number of hydrogen-bond acceptors (Lipinski definition) is 3. The highest BCUT2D eigenvalue weighted by Crippen LogP contribution is 2.45. The molecule has 5 atom stereocenters. The molecule has 0 amide bonds. The molecule has 1 N–H and O–H groups in total. The molecule has 4 heteroatoms. The maximum absolute atomic E-state index is 5.87. The molecule has 122 valence electrons. The fourth-order valence-corrected chi connectivity index (χ4v) is 6.41. The summed E-state index contributed by atoms with van der Waals surface area (Å²) in [6, 6.07) is 3.09. The van der Waals surface area contributed by atoms with Gasteiger partial charge in [0.2, 0.25) is 0 Å². The summed E-state index contributed by atoms with van der Waals surface area (Å²) in [7, 11) is 0. The van der Waals surface area contributed by atoms with Crippen LogP contribution in [0.5, 0.6) is 0 Å². The van der Waals surface area contributed by atoms with E-state index in [0.717, 1.165) is 36.4 Å². The average Bonchev–Trinajstić information content (AvgIpc) is 3.33. The van der Waals surface area contributed by atoms with E-state index in [0.29, 0.717) is 6.04 Å². The number of thiocarbonyl (C=S) groups is 1. The highest BCUT2D eigenvalue weighted by atomic mass is 32.1. The molecule has 0 aromatic rings. The minimum absolute atomic E-state index is 0.664. The van der Waals surface area contributed by atoms with E-state index >= 15 is 0 Å². The predicted molar refractivity (Wildman–Crippen MR) is 93.1 cm³/mol. The largest absolute Gasteiger partial charge is 0.362 e. The Morgan fingerprint density at radius 3 is 2.64 bits per heavy atom. The second kappa shape index (κ2) is 5.42. The summed E-state index contributed by atoms with van der Waals surface area (Å²) in [5, 5.41) is 3.87. The third-order valence-electron chi connectivity index (χ3n) is 6.99. The molecule has 0 spiro atoms. The number of fused-ring (bicyclic) bond motifs is 2. The van der Waals surface area contributed by atoms with E-state index < -0.39 is 0 Å². The van der Waals surface area contributed by atoms with Crippen LogP contribution in [-0.4, -0.2) is 58.6 Å². The SMILES string of the molecule is S=C1CC(NC2CC2)C[C@@H]2C3CCCN4CCCC(CN12)C34. The van der Waals surface area contributed by atoms with E-state index in [1.165, 1.54) is 69.6 Å². The van der Waals surface area contributed by atoms with Crippen molar-refractivity contribution in [3.05, 3.63) is 0 Å². The van der Waals surface area contributed by atoms with Crippen LogP contribution in [0.1, 0.15) is 51.4 Å². The molecule has 4 saturated heterocycles. The molecule has 4 unspecified atom stereocenters. The summed E-state index contributed by atoms with van der Waals surface area (Å²) in [4.78, 5) is 6.80. The average molecular weight is 320 g/mol. The van der Waals surface area contributed by atoms with Crippen molar-refractivity contribution in [2.45, 2.75) is 75.5 Å². The first-order valence-electron chi connectivity index (χ1n) is 9.59. The maximum Gasteiger partial charge on any atom is 0.0797 e. The minimum atomic E-state index is 0.664. The first kappa shape index (κ1) is 14.2. The molecule has 1 saturated carbocycles. The van der Waals surface area contributed by atoms with E-state index in [1.807, 2.05) is 0 Å². The number of nitrogens with one attached hydrogen (secondary N) is 1. The van der Waals surface area contributed by atoms with Gasteiger partial charge in [-0.05, 0) is 69.9 Å². The van der Waals surface area contributed by atoms with Gasteiger partial charge in [0.25, 0.3) is 0 Å². The molecule has 0 aromatic heterocycles. The highest BCUT2D eigenvalue weighted by Gasteiger charge is 2.51. The van der Waals surface area contributed by atoms with Gasteiger partial charge in [0.15, 0.2) is 0 Å². The first-order valence-corrected chi connectivity index (χ1v) is 10.00. The lowest BCUT2D eigenvalue weighted by Gasteiger charge is -2.60. The van der Waals surface area contributed by atoms with Gasteiger partial charge < -0.3 is 10.2 Å². The van der Waals surface area contributed by atoms with Crippen molar-refractivity contribution >= 4 is 17.2 Å². The van der Waals surface area contributed by atoms with Crippen molar-refractivity contribution < 1.29 is 0 Å². The summed E-state index contributed by atoms with van der Waals surface area (Å²) in [6.07, 6.45) is 10.9. The smallest absolute Gasteiger partial charge is 0.0797 e. The molecule has 5 rings (SSSR count). The van der Waals surface area contributed by atoms with Crippen LogP contribution in [0.25, 0.3) is 0 Å². The van der Waals surface area contributed by atoms with Crippen LogP contribution in [-0.2, 0) is 0 Å². The van der Waals surface area contributed by atoms with Gasteiger partial charge in [0.05, 0.1) is 4.99 Å². The topological polar surface area (TPSA) is 18.5 Å². The molecule has 3 nitrogen and oxygen atoms in total. The molecular weight excluding hydrogens is 290 g/mol. The zero-order valence-corrected chi connectivity index (χ0v) is 14.4.